The molecule has 30 heavy (non-hydrogen) atoms. The quantitative estimate of drug-likeness (QED) is 0.625. The zero-order valence-corrected chi connectivity index (χ0v) is 17.1. The van der Waals surface area contributed by atoms with Gasteiger partial charge in [-0.3, -0.25) is 14.5 Å². The Balaban J connectivity index is 1.60. The molecule has 1 aromatic heterocycles. The largest absolute Gasteiger partial charge is 0.479 e. The van der Waals surface area contributed by atoms with Crippen molar-refractivity contribution in [3.05, 3.63) is 83.8 Å². The van der Waals surface area contributed by atoms with Gasteiger partial charge in [-0.05, 0) is 49.2 Å². The Morgan fingerprint density at radius 3 is 2.60 bits per heavy atom. The third kappa shape index (κ3) is 4.22. The molecular weight excluding hydrogens is 380 g/mol. The van der Waals surface area contributed by atoms with E-state index in [1.165, 1.54) is 4.90 Å². The first-order chi connectivity index (χ1) is 14.5. The van der Waals surface area contributed by atoms with Crippen LogP contribution in [0.2, 0.25) is 0 Å². The molecule has 6 heteroatoms. The second-order valence-electron chi connectivity index (χ2n) is 7.47. The summed E-state index contributed by atoms with van der Waals surface area (Å²) in [4.78, 5) is 29.4. The molecule has 0 radical (unpaired) electrons. The number of hydrogen-bond donors (Lipinski definition) is 0. The Morgan fingerprint density at radius 1 is 1.07 bits per heavy atom. The normalized spacial score (nSPS) is 15.5. The van der Waals surface area contributed by atoms with E-state index in [4.69, 9.17) is 9.15 Å². The number of carbonyl (C=O) groups excluding carboxylic acids is 2. The smallest absolute Gasteiger partial charge is 0.268 e. The molecule has 0 saturated heterocycles. The van der Waals surface area contributed by atoms with E-state index in [9.17, 15) is 9.59 Å². The van der Waals surface area contributed by atoms with Gasteiger partial charge in [0, 0.05) is 6.54 Å². The molecule has 1 aliphatic rings. The first kappa shape index (κ1) is 19.8. The van der Waals surface area contributed by atoms with Crippen LogP contribution in [0.3, 0.4) is 0 Å². The van der Waals surface area contributed by atoms with Crippen LogP contribution < -0.4 is 9.64 Å². The molecule has 2 aromatic carbocycles. The van der Waals surface area contributed by atoms with E-state index in [0.717, 1.165) is 11.1 Å². The Bertz CT molecular complexity index is 1030. The van der Waals surface area contributed by atoms with E-state index < -0.39 is 6.10 Å². The summed E-state index contributed by atoms with van der Waals surface area (Å²) in [5.74, 6) is 0.919. The molecule has 1 atom stereocenters. The summed E-state index contributed by atoms with van der Waals surface area (Å²) >= 11 is 0. The molecule has 2 heterocycles. The molecule has 0 unspecified atom stereocenters. The zero-order valence-electron chi connectivity index (χ0n) is 17.1. The molecule has 2 amide bonds. The number of benzene rings is 2. The zero-order chi connectivity index (χ0) is 21.1. The summed E-state index contributed by atoms with van der Waals surface area (Å²) in [6.07, 6.45) is 0.952. The highest BCUT2D eigenvalue weighted by Gasteiger charge is 2.34. The molecule has 154 valence electrons. The Morgan fingerprint density at radius 2 is 1.87 bits per heavy atom. The summed E-state index contributed by atoms with van der Waals surface area (Å²) < 4.78 is 11.2. The maximum Gasteiger partial charge on any atom is 0.268 e. The van der Waals surface area contributed by atoms with Crippen LogP contribution in [0.15, 0.2) is 71.3 Å². The number of anilines is 1. The van der Waals surface area contributed by atoms with Crippen LogP contribution in [0.5, 0.6) is 5.75 Å². The first-order valence-electron chi connectivity index (χ1n) is 9.94. The second-order valence-corrected chi connectivity index (χ2v) is 7.47. The first-order valence-corrected chi connectivity index (χ1v) is 9.94. The Labute approximate surface area is 175 Å². The topological polar surface area (TPSA) is 63.0 Å². The van der Waals surface area contributed by atoms with E-state index >= 15 is 0 Å². The van der Waals surface area contributed by atoms with Gasteiger partial charge in [0.25, 0.3) is 5.91 Å². The SMILES string of the molecule is Cc1ccc2c(c1)N(CC(=O)N(Cc1ccccc1)Cc1ccco1)C(=O)[C@@H](C)O2. The minimum absolute atomic E-state index is 0.0590. The maximum atomic E-state index is 13.3. The van der Waals surface area contributed by atoms with Crippen LogP contribution in [0.4, 0.5) is 5.69 Å². The van der Waals surface area contributed by atoms with Crippen molar-refractivity contribution in [3.8, 4) is 5.75 Å². The lowest BCUT2D eigenvalue weighted by Crippen LogP contribution is -2.49. The molecule has 6 nitrogen and oxygen atoms in total. The van der Waals surface area contributed by atoms with Crippen molar-refractivity contribution in [1.29, 1.82) is 0 Å². The Hall–Kier alpha value is -3.54. The van der Waals surface area contributed by atoms with Crippen LogP contribution in [0.25, 0.3) is 0 Å². The average Bonchev–Trinajstić information content (AvgIpc) is 3.25. The molecule has 0 aliphatic carbocycles. The van der Waals surface area contributed by atoms with Gasteiger partial charge in [0.2, 0.25) is 5.91 Å². The lowest BCUT2D eigenvalue weighted by molar-refractivity contribution is -0.134. The number of aryl methyl sites for hydroxylation is 1. The average molecular weight is 404 g/mol. The highest BCUT2D eigenvalue weighted by atomic mass is 16.5. The number of fused-ring (bicyclic) bond motifs is 1. The highest BCUT2D eigenvalue weighted by Crippen LogP contribution is 2.34. The number of carbonyl (C=O) groups is 2. The van der Waals surface area contributed by atoms with Crippen LogP contribution in [-0.4, -0.2) is 29.4 Å². The monoisotopic (exact) mass is 404 g/mol. The fraction of sp³-hybridized carbons (Fsp3) is 0.250. The number of nitrogens with zero attached hydrogens (tertiary/aromatic N) is 2. The molecule has 3 aromatic rings. The van der Waals surface area contributed by atoms with Gasteiger partial charge in [-0.1, -0.05) is 36.4 Å². The van der Waals surface area contributed by atoms with Gasteiger partial charge < -0.3 is 14.1 Å². The third-order valence-electron chi connectivity index (χ3n) is 5.11. The molecule has 0 saturated carbocycles. The van der Waals surface area contributed by atoms with Gasteiger partial charge in [-0.25, -0.2) is 0 Å². The van der Waals surface area contributed by atoms with Gasteiger partial charge in [-0.15, -0.1) is 0 Å². The van der Waals surface area contributed by atoms with E-state index in [-0.39, 0.29) is 18.4 Å². The van der Waals surface area contributed by atoms with Gasteiger partial charge in [0.05, 0.1) is 18.5 Å². The van der Waals surface area contributed by atoms with Crippen LogP contribution in [0.1, 0.15) is 23.8 Å². The molecular formula is C24H24N2O4. The number of rotatable bonds is 6. The fourth-order valence-electron chi connectivity index (χ4n) is 3.54. The maximum absolute atomic E-state index is 13.3. The van der Waals surface area contributed by atoms with E-state index in [1.54, 1.807) is 24.2 Å². The van der Waals surface area contributed by atoms with Crippen molar-refractivity contribution < 1.29 is 18.7 Å². The fourth-order valence-corrected chi connectivity index (χ4v) is 3.54. The molecule has 4 rings (SSSR count). The minimum atomic E-state index is -0.638. The van der Waals surface area contributed by atoms with Gasteiger partial charge in [0.15, 0.2) is 6.10 Å². The summed E-state index contributed by atoms with van der Waals surface area (Å²) in [5, 5.41) is 0. The summed E-state index contributed by atoms with van der Waals surface area (Å²) in [5.41, 5.74) is 2.63. The lowest BCUT2D eigenvalue weighted by atomic mass is 10.1. The summed E-state index contributed by atoms with van der Waals surface area (Å²) in [6.45, 7) is 4.34. The molecule has 0 fully saturated rings. The third-order valence-corrected chi connectivity index (χ3v) is 5.11. The molecule has 1 aliphatic heterocycles. The number of ether oxygens (including phenoxy) is 1. The molecule has 0 N–H and O–H groups in total. The standard InChI is InChI=1S/C24H24N2O4/c1-17-10-11-22-21(13-17)26(24(28)18(2)30-22)16-23(27)25(15-20-9-6-12-29-20)14-19-7-4-3-5-8-19/h3-13,18H,14-16H2,1-2H3/t18-/m1/s1. The van der Waals surface area contributed by atoms with E-state index in [0.29, 0.717) is 30.3 Å². The van der Waals surface area contributed by atoms with Crippen molar-refractivity contribution in [2.45, 2.75) is 33.0 Å². The minimum Gasteiger partial charge on any atom is -0.479 e. The van der Waals surface area contributed by atoms with Crippen molar-refractivity contribution >= 4 is 17.5 Å². The van der Waals surface area contributed by atoms with E-state index in [1.807, 2.05) is 61.5 Å². The van der Waals surface area contributed by atoms with Crippen LogP contribution in [0, 0.1) is 6.92 Å². The molecule has 0 spiro atoms. The van der Waals surface area contributed by atoms with Crippen LogP contribution >= 0.6 is 0 Å². The lowest BCUT2D eigenvalue weighted by Gasteiger charge is -2.34. The summed E-state index contributed by atoms with van der Waals surface area (Å²) in [7, 11) is 0. The van der Waals surface area contributed by atoms with Gasteiger partial charge in [-0.2, -0.15) is 0 Å². The number of hydrogen-bond acceptors (Lipinski definition) is 4. The predicted octanol–water partition coefficient (Wildman–Crippen LogP) is 3.93. The van der Waals surface area contributed by atoms with Crippen molar-refractivity contribution in [2.75, 3.05) is 11.4 Å². The van der Waals surface area contributed by atoms with Gasteiger partial charge in [0.1, 0.15) is 18.1 Å². The predicted molar refractivity (Wildman–Crippen MR) is 113 cm³/mol. The van der Waals surface area contributed by atoms with Crippen molar-refractivity contribution in [2.24, 2.45) is 0 Å². The number of amides is 2. The number of furan rings is 1. The van der Waals surface area contributed by atoms with Crippen molar-refractivity contribution in [3.63, 3.8) is 0 Å². The highest BCUT2D eigenvalue weighted by molar-refractivity contribution is 6.03. The second kappa shape index (κ2) is 8.45. The summed E-state index contributed by atoms with van der Waals surface area (Å²) in [6, 6.07) is 19.1. The van der Waals surface area contributed by atoms with Crippen molar-refractivity contribution in [1.82, 2.24) is 4.90 Å². The molecule has 0 bridgehead atoms. The van der Waals surface area contributed by atoms with Gasteiger partial charge >= 0.3 is 0 Å². The Kier molecular flexibility index (Phi) is 5.57. The van der Waals surface area contributed by atoms with Crippen LogP contribution in [-0.2, 0) is 22.7 Å². The van der Waals surface area contributed by atoms with E-state index in [2.05, 4.69) is 0 Å².